The number of hydrogen-bond donors (Lipinski definition) is 0. The first kappa shape index (κ1) is 14.2. The second-order valence-corrected chi connectivity index (χ2v) is 5.89. The molecule has 0 bridgehead atoms. The highest BCUT2D eigenvalue weighted by molar-refractivity contribution is 9.50. The van der Waals surface area contributed by atoms with Crippen molar-refractivity contribution in [2.75, 3.05) is 19.9 Å². The Morgan fingerprint density at radius 2 is 2.33 bits per heavy atom. The van der Waals surface area contributed by atoms with Gasteiger partial charge in [0.2, 0.25) is 0 Å². The zero-order valence-electron chi connectivity index (χ0n) is 10.5. The molecule has 0 radical (unpaired) electrons. The summed E-state index contributed by atoms with van der Waals surface area (Å²) in [5.41, 5.74) is 3.34. The predicted molar refractivity (Wildman–Crippen MR) is 75.5 cm³/mol. The van der Waals surface area contributed by atoms with Crippen molar-refractivity contribution in [1.82, 2.24) is 0 Å². The molecule has 0 fully saturated rings. The lowest BCUT2D eigenvalue weighted by molar-refractivity contribution is 0.0164. The summed E-state index contributed by atoms with van der Waals surface area (Å²) in [6.07, 6.45) is 0.728. The van der Waals surface area contributed by atoms with E-state index in [1.165, 1.54) is 10.2 Å². The SMILES string of the molecule is Cc1cc(SBr)c(C)c2c1OCCC2OCCF. The first-order valence-corrected chi connectivity index (χ1v) is 8.58. The van der Waals surface area contributed by atoms with Crippen LogP contribution in [0.4, 0.5) is 4.39 Å². The Balaban J connectivity index is 2.43. The molecule has 1 atom stereocenters. The van der Waals surface area contributed by atoms with Crippen molar-refractivity contribution in [3.05, 3.63) is 22.8 Å². The Hall–Kier alpha value is -0.260. The number of fused-ring (bicyclic) bond motifs is 1. The van der Waals surface area contributed by atoms with Crippen molar-refractivity contribution in [3.8, 4) is 5.75 Å². The average Bonchev–Trinajstić information content (AvgIpc) is 2.40. The van der Waals surface area contributed by atoms with E-state index in [4.69, 9.17) is 9.47 Å². The molecule has 5 heteroatoms. The van der Waals surface area contributed by atoms with Crippen LogP contribution in [0, 0.1) is 13.8 Å². The number of halogens is 2. The molecule has 1 unspecified atom stereocenters. The van der Waals surface area contributed by atoms with Crippen LogP contribution in [-0.2, 0) is 4.74 Å². The lowest BCUT2D eigenvalue weighted by Gasteiger charge is -2.29. The van der Waals surface area contributed by atoms with Crippen LogP contribution in [0.25, 0.3) is 0 Å². The van der Waals surface area contributed by atoms with Crippen LogP contribution in [-0.4, -0.2) is 19.9 Å². The van der Waals surface area contributed by atoms with Gasteiger partial charge in [-0.2, -0.15) is 0 Å². The van der Waals surface area contributed by atoms with Gasteiger partial charge in [-0.1, -0.05) is 0 Å². The van der Waals surface area contributed by atoms with Gasteiger partial charge in [0, 0.05) is 16.9 Å². The summed E-state index contributed by atoms with van der Waals surface area (Å²) in [5.74, 6) is 0.910. The molecule has 1 aliphatic heterocycles. The van der Waals surface area contributed by atoms with Crippen molar-refractivity contribution in [2.45, 2.75) is 31.3 Å². The zero-order chi connectivity index (χ0) is 13.1. The van der Waals surface area contributed by atoms with Gasteiger partial charge in [-0.05, 0) is 56.0 Å². The second kappa shape index (κ2) is 6.26. The Bertz CT molecular complexity index is 439. The number of ether oxygens (including phenoxy) is 2. The van der Waals surface area contributed by atoms with Crippen molar-refractivity contribution < 1.29 is 13.9 Å². The Labute approximate surface area is 118 Å². The summed E-state index contributed by atoms with van der Waals surface area (Å²) >= 11 is 3.42. The van der Waals surface area contributed by atoms with Gasteiger partial charge in [-0.25, -0.2) is 4.39 Å². The first-order valence-electron chi connectivity index (χ1n) is 5.92. The minimum atomic E-state index is -0.447. The molecule has 0 aliphatic carbocycles. The number of alkyl halides is 1. The summed E-state index contributed by atoms with van der Waals surface area (Å²) in [4.78, 5) is 1.16. The van der Waals surface area contributed by atoms with E-state index < -0.39 is 6.67 Å². The van der Waals surface area contributed by atoms with E-state index >= 15 is 0 Å². The van der Waals surface area contributed by atoms with E-state index in [9.17, 15) is 4.39 Å². The quantitative estimate of drug-likeness (QED) is 0.806. The average molecular weight is 335 g/mol. The number of rotatable bonds is 4. The minimum absolute atomic E-state index is 0.0530. The molecule has 2 rings (SSSR count). The molecule has 0 amide bonds. The summed E-state index contributed by atoms with van der Waals surface area (Å²) in [7, 11) is 1.54. The van der Waals surface area contributed by atoms with E-state index in [1.807, 2.05) is 6.92 Å². The number of hydrogen-bond acceptors (Lipinski definition) is 3. The molecule has 0 aromatic heterocycles. The standard InChI is InChI=1S/C13H16BrFO2S/c1-8-7-11(18-14)9(2)12-10(16-6-4-15)3-5-17-13(8)12/h7,10H,3-6H2,1-2H3. The second-order valence-electron chi connectivity index (χ2n) is 4.32. The largest absolute Gasteiger partial charge is 0.493 e. The van der Waals surface area contributed by atoms with Crippen LogP contribution >= 0.6 is 25.0 Å². The van der Waals surface area contributed by atoms with Gasteiger partial charge in [0.15, 0.2) is 0 Å². The maximum absolute atomic E-state index is 12.3. The molecule has 100 valence electrons. The summed E-state index contributed by atoms with van der Waals surface area (Å²) in [6, 6.07) is 2.10. The zero-order valence-corrected chi connectivity index (χ0v) is 12.9. The topological polar surface area (TPSA) is 18.5 Å². The van der Waals surface area contributed by atoms with E-state index in [2.05, 4.69) is 27.8 Å². The van der Waals surface area contributed by atoms with Crippen LogP contribution in [0.5, 0.6) is 5.75 Å². The molecule has 0 saturated heterocycles. The van der Waals surface area contributed by atoms with Crippen molar-refractivity contribution >= 4 is 25.0 Å². The van der Waals surface area contributed by atoms with Gasteiger partial charge in [0.25, 0.3) is 0 Å². The third kappa shape index (κ3) is 2.68. The normalized spacial score (nSPS) is 18.3. The number of benzene rings is 1. The van der Waals surface area contributed by atoms with Gasteiger partial charge in [-0.15, -0.1) is 0 Å². The van der Waals surface area contributed by atoms with Crippen molar-refractivity contribution in [3.63, 3.8) is 0 Å². The summed E-state index contributed by atoms with van der Waals surface area (Å²) in [6.45, 7) is 4.42. The first-order chi connectivity index (χ1) is 8.69. The van der Waals surface area contributed by atoms with Gasteiger partial charge in [0.1, 0.15) is 12.4 Å². The van der Waals surface area contributed by atoms with E-state index in [0.717, 1.165) is 33.8 Å². The smallest absolute Gasteiger partial charge is 0.128 e. The van der Waals surface area contributed by atoms with Crippen LogP contribution in [0.15, 0.2) is 11.0 Å². The summed E-state index contributed by atoms with van der Waals surface area (Å²) < 4.78 is 23.6. The molecule has 18 heavy (non-hydrogen) atoms. The molecule has 1 aromatic carbocycles. The minimum Gasteiger partial charge on any atom is -0.493 e. The molecule has 1 aromatic rings. The Kier molecular flexibility index (Phi) is 4.92. The Morgan fingerprint density at radius 1 is 1.56 bits per heavy atom. The molecule has 0 spiro atoms. The lowest BCUT2D eigenvalue weighted by Crippen LogP contribution is -2.19. The van der Waals surface area contributed by atoms with Gasteiger partial charge >= 0.3 is 0 Å². The van der Waals surface area contributed by atoms with E-state index in [0.29, 0.717) is 6.61 Å². The molecule has 2 nitrogen and oxygen atoms in total. The van der Waals surface area contributed by atoms with Crippen LogP contribution < -0.4 is 4.74 Å². The van der Waals surface area contributed by atoms with Crippen LogP contribution in [0.3, 0.4) is 0 Å². The maximum atomic E-state index is 12.3. The van der Waals surface area contributed by atoms with Crippen LogP contribution in [0.1, 0.15) is 29.2 Å². The number of aryl methyl sites for hydroxylation is 1. The fourth-order valence-corrected chi connectivity index (χ4v) is 3.77. The van der Waals surface area contributed by atoms with Gasteiger partial charge < -0.3 is 9.47 Å². The van der Waals surface area contributed by atoms with Gasteiger partial charge in [-0.3, -0.25) is 0 Å². The lowest BCUT2D eigenvalue weighted by atomic mass is 9.95. The maximum Gasteiger partial charge on any atom is 0.128 e. The molecule has 0 N–H and O–H groups in total. The fraction of sp³-hybridized carbons (Fsp3) is 0.538. The molecule has 1 aliphatic rings. The van der Waals surface area contributed by atoms with E-state index in [1.54, 1.807) is 0 Å². The molecular weight excluding hydrogens is 319 g/mol. The summed E-state index contributed by atoms with van der Waals surface area (Å²) in [5, 5.41) is 0. The highest BCUT2D eigenvalue weighted by atomic mass is 79.9. The monoisotopic (exact) mass is 334 g/mol. The third-order valence-corrected chi connectivity index (χ3v) is 4.79. The predicted octanol–water partition coefficient (Wildman–Crippen LogP) is 4.52. The molecular formula is C13H16BrFO2S. The van der Waals surface area contributed by atoms with Crippen molar-refractivity contribution in [1.29, 1.82) is 0 Å². The highest BCUT2D eigenvalue weighted by Crippen LogP contribution is 2.43. The molecule has 1 heterocycles. The Morgan fingerprint density at radius 3 is 3.00 bits per heavy atom. The highest BCUT2D eigenvalue weighted by Gasteiger charge is 2.27. The van der Waals surface area contributed by atoms with Crippen molar-refractivity contribution in [2.24, 2.45) is 0 Å². The molecule has 0 saturated carbocycles. The van der Waals surface area contributed by atoms with Gasteiger partial charge in [0.05, 0.1) is 19.3 Å². The third-order valence-electron chi connectivity index (χ3n) is 3.15. The van der Waals surface area contributed by atoms with Crippen LogP contribution in [0.2, 0.25) is 0 Å². The van der Waals surface area contributed by atoms with E-state index in [-0.39, 0.29) is 12.7 Å². The fourth-order valence-electron chi connectivity index (χ4n) is 2.31.